The second kappa shape index (κ2) is 4.93. The first-order chi connectivity index (χ1) is 7.05. The lowest BCUT2D eigenvalue weighted by Gasteiger charge is -2.22. The van der Waals surface area contributed by atoms with Gasteiger partial charge in [-0.15, -0.1) is 0 Å². The van der Waals surface area contributed by atoms with Gasteiger partial charge >= 0.3 is 0 Å². The first-order valence-electron chi connectivity index (χ1n) is 4.78. The zero-order valence-corrected chi connectivity index (χ0v) is 9.36. The first-order valence-corrected chi connectivity index (χ1v) is 4.78. The molecule has 15 heavy (non-hydrogen) atoms. The Bertz CT molecular complexity index is 315. The van der Waals surface area contributed by atoms with Crippen LogP contribution < -0.4 is 10.5 Å². The van der Waals surface area contributed by atoms with Crippen molar-refractivity contribution in [3.8, 4) is 5.88 Å². The van der Waals surface area contributed by atoms with E-state index in [9.17, 15) is 0 Å². The zero-order valence-electron chi connectivity index (χ0n) is 9.36. The second-order valence-electron chi connectivity index (χ2n) is 3.85. The Hall–Kier alpha value is -1.36. The molecule has 0 atom stereocenters. The van der Waals surface area contributed by atoms with Gasteiger partial charge < -0.3 is 15.2 Å². The summed E-state index contributed by atoms with van der Waals surface area (Å²) in [5, 5.41) is 0. The van der Waals surface area contributed by atoms with Crippen molar-refractivity contribution in [1.82, 2.24) is 9.97 Å². The summed E-state index contributed by atoms with van der Waals surface area (Å²) in [6, 6.07) is 0. The fourth-order valence-electron chi connectivity index (χ4n) is 0.945. The van der Waals surface area contributed by atoms with E-state index in [-0.39, 0.29) is 5.60 Å². The average molecular weight is 211 g/mol. The highest BCUT2D eigenvalue weighted by molar-refractivity contribution is 5.44. The van der Waals surface area contributed by atoms with E-state index < -0.39 is 0 Å². The molecule has 1 aromatic rings. The van der Waals surface area contributed by atoms with Crippen LogP contribution in [0.2, 0.25) is 0 Å². The van der Waals surface area contributed by atoms with Crippen LogP contribution >= 0.6 is 0 Å². The molecule has 84 valence electrons. The molecule has 0 bridgehead atoms. The zero-order chi connectivity index (χ0) is 11.3. The number of hydrogen-bond donors (Lipinski definition) is 1. The van der Waals surface area contributed by atoms with Crippen molar-refractivity contribution >= 4 is 5.69 Å². The van der Waals surface area contributed by atoms with Gasteiger partial charge in [0.25, 0.3) is 0 Å². The standard InChI is InChI=1S/C10H17N3O2/c1-10(2,14-3)4-5-15-9-8(11)6-12-7-13-9/h6-7H,4-5,11H2,1-3H3. The molecule has 1 aromatic heterocycles. The molecule has 0 fully saturated rings. The minimum Gasteiger partial charge on any atom is -0.476 e. The first kappa shape index (κ1) is 11.7. The highest BCUT2D eigenvalue weighted by atomic mass is 16.5. The van der Waals surface area contributed by atoms with Gasteiger partial charge in [0.1, 0.15) is 12.0 Å². The lowest BCUT2D eigenvalue weighted by Crippen LogP contribution is -2.25. The van der Waals surface area contributed by atoms with Crippen LogP contribution in [0.4, 0.5) is 5.69 Å². The molecule has 0 radical (unpaired) electrons. The van der Waals surface area contributed by atoms with Gasteiger partial charge in [-0.1, -0.05) is 0 Å². The van der Waals surface area contributed by atoms with E-state index in [1.807, 2.05) is 13.8 Å². The third kappa shape index (κ3) is 3.71. The highest BCUT2D eigenvalue weighted by Crippen LogP contribution is 2.17. The van der Waals surface area contributed by atoms with Crippen molar-refractivity contribution < 1.29 is 9.47 Å². The minimum atomic E-state index is -0.193. The van der Waals surface area contributed by atoms with Crippen molar-refractivity contribution in [3.05, 3.63) is 12.5 Å². The SMILES string of the molecule is COC(C)(C)CCOc1ncncc1N. The van der Waals surface area contributed by atoms with Crippen molar-refractivity contribution in [2.45, 2.75) is 25.9 Å². The molecule has 0 amide bonds. The number of anilines is 1. The van der Waals surface area contributed by atoms with Gasteiger partial charge in [0.05, 0.1) is 18.4 Å². The van der Waals surface area contributed by atoms with E-state index in [0.29, 0.717) is 18.2 Å². The smallest absolute Gasteiger partial charge is 0.240 e. The Kier molecular flexibility index (Phi) is 3.85. The Morgan fingerprint density at radius 2 is 2.20 bits per heavy atom. The van der Waals surface area contributed by atoms with Crippen LogP contribution in [-0.4, -0.2) is 29.3 Å². The lowest BCUT2D eigenvalue weighted by atomic mass is 10.1. The average Bonchev–Trinajstić information content (AvgIpc) is 2.21. The number of hydrogen-bond acceptors (Lipinski definition) is 5. The van der Waals surface area contributed by atoms with Crippen LogP contribution in [0.1, 0.15) is 20.3 Å². The summed E-state index contributed by atoms with van der Waals surface area (Å²) in [6.07, 6.45) is 3.70. The molecule has 0 aliphatic heterocycles. The quantitative estimate of drug-likeness (QED) is 0.793. The van der Waals surface area contributed by atoms with Gasteiger partial charge in [0.2, 0.25) is 5.88 Å². The molecule has 0 saturated heterocycles. The number of rotatable bonds is 5. The fourth-order valence-corrected chi connectivity index (χ4v) is 0.945. The molecule has 0 aliphatic rings. The molecule has 5 nitrogen and oxygen atoms in total. The molecule has 1 heterocycles. The molecule has 0 aromatic carbocycles. The van der Waals surface area contributed by atoms with Crippen molar-refractivity contribution in [2.24, 2.45) is 0 Å². The summed E-state index contributed by atoms with van der Waals surface area (Å²) in [4.78, 5) is 7.70. The van der Waals surface area contributed by atoms with E-state index in [1.165, 1.54) is 12.5 Å². The van der Waals surface area contributed by atoms with Gasteiger partial charge in [0, 0.05) is 13.5 Å². The molecule has 0 spiro atoms. The monoisotopic (exact) mass is 211 g/mol. The molecule has 0 unspecified atom stereocenters. The van der Waals surface area contributed by atoms with Crippen LogP contribution in [0.5, 0.6) is 5.88 Å². The number of aromatic nitrogens is 2. The predicted octanol–water partition coefficient (Wildman–Crippen LogP) is 1.25. The van der Waals surface area contributed by atoms with E-state index in [0.717, 1.165) is 6.42 Å². The van der Waals surface area contributed by atoms with Gasteiger partial charge in [0.15, 0.2) is 0 Å². The van der Waals surface area contributed by atoms with Gasteiger partial charge in [-0.2, -0.15) is 0 Å². The topological polar surface area (TPSA) is 70.3 Å². The maximum absolute atomic E-state index is 5.62. The Morgan fingerprint density at radius 3 is 2.80 bits per heavy atom. The summed E-state index contributed by atoms with van der Waals surface area (Å²) in [7, 11) is 1.68. The molecular formula is C10H17N3O2. The molecule has 0 aliphatic carbocycles. The number of nitrogens with two attached hydrogens (primary N) is 1. The van der Waals surface area contributed by atoms with Gasteiger partial charge in [-0.25, -0.2) is 9.97 Å². The van der Waals surface area contributed by atoms with Crippen LogP contribution in [0.25, 0.3) is 0 Å². The van der Waals surface area contributed by atoms with Crippen LogP contribution in [0, 0.1) is 0 Å². The predicted molar refractivity (Wildman–Crippen MR) is 57.6 cm³/mol. The van der Waals surface area contributed by atoms with Crippen molar-refractivity contribution in [3.63, 3.8) is 0 Å². The molecular weight excluding hydrogens is 194 g/mol. The number of methoxy groups -OCH3 is 1. The second-order valence-corrected chi connectivity index (χ2v) is 3.85. The summed E-state index contributed by atoms with van der Waals surface area (Å²) < 4.78 is 10.7. The number of ether oxygens (including phenoxy) is 2. The van der Waals surface area contributed by atoms with Gasteiger partial charge in [-0.3, -0.25) is 0 Å². The van der Waals surface area contributed by atoms with Crippen LogP contribution in [-0.2, 0) is 4.74 Å². The Labute approximate surface area is 89.6 Å². The minimum absolute atomic E-state index is 0.193. The number of nitrogens with zero attached hydrogens (tertiary/aromatic N) is 2. The van der Waals surface area contributed by atoms with Gasteiger partial charge in [-0.05, 0) is 13.8 Å². The summed E-state index contributed by atoms with van der Waals surface area (Å²) in [5.74, 6) is 0.428. The Morgan fingerprint density at radius 1 is 1.47 bits per heavy atom. The number of nitrogen functional groups attached to an aromatic ring is 1. The van der Waals surface area contributed by atoms with Crippen molar-refractivity contribution in [2.75, 3.05) is 19.5 Å². The summed E-state index contributed by atoms with van der Waals surface area (Å²) >= 11 is 0. The third-order valence-corrected chi connectivity index (χ3v) is 2.20. The Balaban J connectivity index is 2.42. The molecule has 0 saturated carbocycles. The maximum Gasteiger partial charge on any atom is 0.240 e. The fraction of sp³-hybridized carbons (Fsp3) is 0.600. The molecule has 5 heteroatoms. The normalized spacial score (nSPS) is 11.4. The van der Waals surface area contributed by atoms with E-state index in [2.05, 4.69) is 9.97 Å². The maximum atomic E-state index is 5.62. The molecule has 1 rings (SSSR count). The highest BCUT2D eigenvalue weighted by Gasteiger charge is 2.16. The largest absolute Gasteiger partial charge is 0.476 e. The van der Waals surface area contributed by atoms with E-state index >= 15 is 0 Å². The summed E-state index contributed by atoms with van der Waals surface area (Å²) in [6.45, 7) is 4.52. The molecule has 2 N–H and O–H groups in total. The third-order valence-electron chi connectivity index (χ3n) is 2.20. The van der Waals surface area contributed by atoms with E-state index in [4.69, 9.17) is 15.2 Å². The van der Waals surface area contributed by atoms with E-state index in [1.54, 1.807) is 7.11 Å². The summed E-state index contributed by atoms with van der Waals surface area (Å²) in [5.41, 5.74) is 5.88. The van der Waals surface area contributed by atoms with Crippen molar-refractivity contribution in [1.29, 1.82) is 0 Å². The van der Waals surface area contributed by atoms with Crippen LogP contribution in [0.3, 0.4) is 0 Å². The lowest BCUT2D eigenvalue weighted by molar-refractivity contribution is 0.00514. The van der Waals surface area contributed by atoms with Crippen LogP contribution in [0.15, 0.2) is 12.5 Å².